The van der Waals surface area contributed by atoms with E-state index in [-0.39, 0.29) is 21.4 Å². The third kappa shape index (κ3) is 4.48. The molecule has 1 aromatic heterocycles. The van der Waals surface area contributed by atoms with Crippen LogP contribution in [0.3, 0.4) is 0 Å². The van der Waals surface area contributed by atoms with E-state index in [1.54, 1.807) is 18.2 Å². The number of methoxy groups -OCH3 is 1. The van der Waals surface area contributed by atoms with Gasteiger partial charge in [0.15, 0.2) is 5.75 Å². The Morgan fingerprint density at radius 3 is 2.09 bits per heavy atom. The lowest BCUT2D eigenvalue weighted by molar-refractivity contribution is 0.411. The third-order valence-electron chi connectivity index (χ3n) is 4.55. The maximum atomic E-state index is 12.9. The zero-order valence-corrected chi connectivity index (χ0v) is 18.4. The maximum absolute atomic E-state index is 12.9. The van der Waals surface area contributed by atoms with Crippen molar-refractivity contribution in [2.45, 2.75) is 9.79 Å². The van der Waals surface area contributed by atoms with Gasteiger partial charge in [0.05, 0.1) is 29.3 Å². The summed E-state index contributed by atoms with van der Waals surface area (Å²) >= 11 is 0. The molecule has 0 radical (unpaired) electrons. The summed E-state index contributed by atoms with van der Waals surface area (Å²) in [4.78, 5) is 7.78. The zero-order valence-electron chi connectivity index (χ0n) is 16.8. The second kappa shape index (κ2) is 8.44. The SMILES string of the molecule is COc1cnc(NS(=O)(=O)c2ccc(NS(=O)(=O)c3cccc4ccccc34)cc2)nc1. The molecule has 0 aliphatic rings. The van der Waals surface area contributed by atoms with E-state index in [0.29, 0.717) is 11.1 Å². The van der Waals surface area contributed by atoms with Crippen LogP contribution in [0.25, 0.3) is 10.8 Å². The van der Waals surface area contributed by atoms with Crippen molar-refractivity contribution in [2.75, 3.05) is 16.6 Å². The molecule has 0 aliphatic carbocycles. The highest BCUT2D eigenvalue weighted by Gasteiger charge is 2.19. The maximum Gasteiger partial charge on any atom is 0.264 e. The number of hydrogen-bond donors (Lipinski definition) is 2. The molecule has 9 nitrogen and oxygen atoms in total. The number of anilines is 2. The van der Waals surface area contributed by atoms with Crippen LogP contribution in [0.1, 0.15) is 0 Å². The quantitative estimate of drug-likeness (QED) is 0.424. The number of sulfonamides is 2. The molecule has 4 aromatic rings. The summed E-state index contributed by atoms with van der Waals surface area (Å²) in [5, 5.41) is 1.38. The van der Waals surface area contributed by atoms with Gasteiger partial charge in [0, 0.05) is 11.1 Å². The van der Waals surface area contributed by atoms with E-state index in [1.807, 2.05) is 18.2 Å². The van der Waals surface area contributed by atoms with E-state index in [9.17, 15) is 16.8 Å². The lowest BCUT2D eigenvalue weighted by Gasteiger charge is -2.11. The minimum absolute atomic E-state index is 0.0787. The van der Waals surface area contributed by atoms with Crippen LogP contribution in [-0.2, 0) is 20.0 Å². The van der Waals surface area contributed by atoms with E-state index >= 15 is 0 Å². The fourth-order valence-electron chi connectivity index (χ4n) is 3.00. The molecular weight excluding hydrogens is 452 g/mol. The van der Waals surface area contributed by atoms with Gasteiger partial charge in [-0.3, -0.25) is 4.72 Å². The van der Waals surface area contributed by atoms with Crippen LogP contribution in [0.5, 0.6) is 5.75 Å². The fraction of sp³-hybridized carbons (Fsp3) is 0.0476. The summed E-state index contributed by atoms with van der Waals surface area (Å²) in [6.45, 7) is 0. The molecule has 0 spiro atoms. The molecule has 11 heteroatoms. The van der Waals surface area contributed by atoms with Crippen molar-refractivity contribution < 1.29 is 21.6 Å². The predicted molar refractivity (Wildman–Crippen MR) is 121 cm³/mol. The van der Waals surface area contributed by atoms with Gasteiger partial charge in [-0.15, -0.1) is 0 Å². The Morgan fingerprint density at radius 1 is 0.750 bits per heavy atom. The van der Waals surface area contributed by atoms with E-state index in [1.165, 1.54) is 49.8 Å². The van der Waals surface area contributed by atoms with Gasteiger partial charge in [-0.1, -0.05) is 36.4 Å². The fourth-order valence-corrected chi connectivity index (χ4v) is 5.24. The van der Waals surface area contributed by atoms with Gasteiger partial charge >= 0.3 is 0 Å². The Morgan fingerprint density at radius 2 is 1.41 bits per heavy atom. The van der Waals surface area contributed by atoms with E-state index in [2.05, 4.69) is 19.4 Å². The number of nitrogens with one attached hydrogen (secondary N) is 2. The Kier molecular flexibility index (Phi) is 5.68. The van der Waals surface area contributed by atoms with Crippen molar-refractivity contribution in [3.8, 4) is 5.75 Å². The summed E-state index contributed by atoms with van der Waals surface area (Å²) in [6, 6.07) is 17.5. The molecule has 3 aromatic carbocycles. The lowest BCUT2D eigenvalue weighted by Crippen LogP contribution is -2.16. The summed E-state index contributed by atoms with van der Waals surface area (Å²) in [5.74, 6) is 0.266. The molecule has 0 bridgehead atoms. The highest BCUT2D eigenvalue weighted by Crippen LogP contribution is 2.25. The summed E-state index contributed by atoms with van der Waals surface area (Å²) in [6.07, 6.45) is 2.66. The number of rotatable bonds is 7. The molecular formula is C21H18N4O5S2. The first-order valence-corrected chi connectivity index (χ1v) is 12.2. The van der Waals surface area contributed by atoms with E-state index in [4.69, 9.17) is 4.74 Å². The zero-order chi connectivity index (χ0) is 22.8. The first-order chi connectivity index (χ1) is 15.3. The monoisotopic (exact) mass is 470 g/mol. The molecule has 0 atom stereocenters. The predicted octanol–water partition coefficient (Wildman–Crippen LogP) is 3.24. The van der Waals surface area contributed by atoms with Crippen LogP contribution >= 0.6 is 0 Å². The van der Waals surface area contributed by atoms with Gasteiger partial charge < -0.3 is 4.74 Å². The van der Waals surface area contributed by atoms with Crippen LogP contribution < -0.4 is 14.2 Å². The number of ether oxygens (including phenoxy) is 1. The molecule has 0 saturated heterocycles. The third-order valence-corrected chi connectivity index (χ3v) is 7.33. The number of benzene rings is 3. The van der Waals surface area contributed by atoms with E-state index < -0.39 is 20.0 Å². The van der Waals surface area contributed by atoms with Crippen molar-refractivity contribution in [1.29, 1.82) is 0 Å². The van der Waals surface area contributed by atoms with Crippen LogP contribution in [0.4, 0.5) is 11.6 Å². The van der Waals surface area contributed by atoms with Crippen molar-refractivity contribution in [3.63, 3.8) is 0 Å². The number of fused-ring (bicyclic) bond motifs is 1. The standard InChI is InChI=1S/C21H18N4O5S2/c1-30-17-13-22-21(23-14-17)25-31(26,27)18-11-9-16(10-12-18)24-32(28,29)20-8-4-6-15-5-2-3-7-19(15)20/h2-14,24H,1H3,(H,22,23,25). The first kappa shape index (κ1) is 21.5. The van der Waals surface area contributed by atoms with E-state index in [0.717, 1.165) is 5.39 Å². The van der Waals surface area contributed by atoms with Gasteiger partial charge in [-0.2, -0.15) is 0 Å². The summed E-state index contributed by atoms with van der Waals surface area (Å²) in [5.41, 5.74) is 0.220. The molecule has 0 fully saturated rings. The second-order valence-corrected chi connectivity index (χ2v) is 9.99. The molecule has 0 saturated carbocycles. The molecule has 164 valence electrons. The van der Waals surface area contributed by atoms with Crippen LogP contribution in [-0.4, -0.2) is 33.9 Å². The molecule has 1 heterocycles. The smallest absolute Gasteiger partial charge is 0.264 e. The Hall–Kier alpha value is -3.70. The van der Waals surface area contributed by atoms with Gasteiger partial charge in [0.25, 0.3) is 20.0 Å². The number of nitrogens with zero attached hydrogens (tertiary/aromatic N) is 2. The van der Waals surface area contributed by atoms with Crippen LogP contribution in [0.15, 0.2) is 88.9 Å². The molecule has 0 aliphatic heterocycles. The normalized spacial score (nSPS) is 11.8. The molecule has 32 heavy (non-hydrogen) atoms. The first-order valence-electron chi connectivity index (χ1n) is 9.28. The minimum Gasteiger partial charge on any atom is -0.494 e. The van der Waals surface area contributed by atoms with Gasteiger partial charge in [-0.25, -0.2) is 31.5 Å². The number of hydrogen-bond acceptors (Lipinski definition) is 7. The van der Waals surface area contributed by atoms with Gasteiger partial charge in [-0.05, 0) is 35.7 Å². The molecule has 2 N–H and O–H groups in total. The van der Waals surface area contributed by atoms with Crippen LogP contribution in [0.2, 0.25) is 0 Å². The Labute approximate surface area is 185 Å². The van der Waals surface area contributed by atoms with Crippen molar-refractivity contribution in [1.82, 2.24) is 9.97 Å². The average Bonchev–Trinajstić information content (AvgIpc) is 2.79. The summed E-state index contributed by atoms with van der Waals surface area (Å²) < 4.78 is 60.6. The molecule has 0 unspecified atom stereocenters. The van der Waals surface area contributed by atoms with Crippen molar-refractivity contribution >= 4 is 42.5 Å². The van der Waals surface area contributed by atoms with Crippen molar-refractivity contribution in [3.05, 3.63) is 79.1 Å². The number of aromatic nitrogens is 2. The second-order valence-electron chi connectivity index (χ2n) is 6.66. The van der Waals surface area contributed by atoms with Crippen molar-refractivity contribution in [2.24, 2.45) is 0 Å². The Bertz CT molecular complexity index is 1470. The lowest BCUT2D eigenvalue weighted by atomic mass is 10.1. The minimum atomic E-state index is -3.97. The Balaban J connectivity index is 1.55. The largest absolute Gasteiger partial charge is 0.494 e. The highest BCUT2D eigenvalue weighted by atomic mass is 32.2. The molecule has 4 rings (SSSR count). The van der Waals surface area contributed by atoms with Crippen LogP contribution in [0, 0.1) is 0 Å². The molecule has 0 amide bonds. The highest BCUT2D eigenvalue weighted by molar-refractivity contribution is 7.93. The average molecular weight is 471 g/mol. The summed E-state index contributed by atoms with van der Waals surface area (Å²) in [7, 11) is -6.41. The van der Waals surface area contributed by atoms with Gasteiger partial charge in [0.2, 0.25) is 5.95 Å². The van der Waals surface area contributed by atoms with Gasteiger partial charge in [0.1, 0.15) is 0 Å². The topological polar surface area (TPSA) is 127 Å².